The maximum absolute atomic E-state index is 12.5. The first-order valence-corrected chi connectivity index (χ1v) is 11.6. The van der Waals surface area contributed by atoms with Gasteiger partial charge in [0.25, 0.3) is 15.9 Å². The molecule has 0 fully saturated rings. The van der Waals surface area contributed by atoms with E-state index in [4.69, 9.17) is 27.9 Å². The van der Waals surface area contributed by atoms with E-state index in [2.05, 4.69) is 10.0 Å². The van der Waals surface area contributed by atoms with Crippen LogP contribution in [0.4, 0.5) is 5.69 Å². The lowest BCUT2D eigenvalue weighted by atomic mass is 10.1. The average Bonchev–Trinajstić information content (AvgIpc) is 2.75. The van der Waals surface area contributed by atoms with Crippen LogP contribution >= 0.6 is 23.2 Å². The zero-order valence-corrected chi connectivity index (χ0v) is 18.7. The first-order valence-electron chi connectivity index (χ1n) is 9.35. The third kappa shape index (κ3) is 6.89. The summed E-state index contributed by atoms with van der Waals surface area (Å²) in [5.74, 6) is -0.0848. The molecule has 0 saturated carbocycles. The van der Waals surface area contributed by atoms with Crippen molar-refractivity contribution in [3.05, 3.63) is 88.4 Å². The van der Waals surface area contributed by atoms with E-state index in [0.29, 0.717) is 23.7 Å². The number of halogens is 2. The maximum atomic E-state index is 12.5. The number of hydrogen-bond acceptors (Lipinski definition) is 4. The minimum atomic E-state index is -3.85. The van der Waals surface area contributed by atoms with Gasteiger partial charge in [-0.1, -0.05) is 53.5 Å². The molecule has 0 aromatic heterocycles. The van der Waals surface area contributed by atoms with Crippen molar-refractivity contribution in [1.82, 2.24) is 5.32 Å². The Morgan fingerprint density at radius 1 is 0.935 bits per heavy atom. The third-order valence-electron chi connectivity index (χ3n) is 4.25. The lowest BCUT2D eigenvalue weighted by Gasteiger charge is -2.12. The molecule has 3 aromatic carbocycles. The van der Waals surface area contributed by atoms with Gasteiger partial charge in [-0.15, -0.1) is 0 Å². The van der Waals surface area contributed by atoms with E-state index in [1.54, 1.807) is 24.3 Å². The number of benzene rings is 3. The Balaban J connectivity index is 1.53. The van der Waals surface area contributed by atoms with E-state index in [0.717, 1.165) is 5.56 Å². The van der Waals surface area contributed by atoms with Gasteiger partial charge in [0.1, 0.15) is 5.75 Å². The topological polar surface area (TPSA) is 84.5 Å². The molecule has 0 aliphatic rings. The summed E-state index contributed by atoms with van der Waals surface area (Å²) in [4.78, 5) is 11.9. The number of carbonyl (C=O) groups excluding carboxylic acids is 1. The molecule has 0 atom stereocenters. The van der Waals surface area contributed by atoms with Gasteiger partial charge in [-0.2, -0.15) is 0 Å². The molecule has 3 rings (SSSR count). The predicted octanol–water partition coefficient (Wildman–Crippen LogP) is 4.53. The molecule has 0 aliphatic heterocycles. The monoisotopic (exact) mass is 478 g/mol. The summed E-state index contributed by atoms with van der Waals surface area (Å²) in [6.45, 7) is 0.247. The first kappa shape index (κ1) is 22.9. The summed E-state index contributed by atoms with van der Waals surface area (Å²) in [5.41, 5.74) is 1.49. The number of amides is 1. The third-order valence-corrected chi connectivity index (χ3v) is 6.17. The summed E-state index contributed by atoms with van der Waals surface area (Å²) in [5, 5.41) is 3.34. The largest absolute Gasteiger partial charge is 0.482 e. The second-order valence-electron chi connectivity index (χ2n) is 6.58. The number of ether oxygens (including phenoxy) is 1. The molecule has 3 aromatic rings. The average molecular weight is 479 g/mol. The summed E-state index contributed by atoms with van der Waals surface area (Å²) in [6.07, 6.45) is 0.709. The highest BCUT2D eigenvalue weighted by Crippen LogP contribution is 2.28. The van der Waals surface area contributed by atoms with Crippen LogP contribution in [0, 0.1) is 0 Å². The molecule has 31 heavy (non-hydrogen) atoms. The highest BCUT2D eigenvalue weighted by atomic mass is 35.5. The fraction of sp³-hybridized carbons (Fsp3) is 0.136. The number of sulfonamides is 1. The number of anilines is 1. The van der Waals surface area contributed by atoms with Crippen LogP contribution < -0.4 is 14.8 Å². The Hall–Kier alpha value is -2.74. The van der Waals surface area contributed by atoms with Crippen molar-refractivity contribution < 1.29 is 17.9 Å². The second-order valence-corrected chi connectivity index (χ2v) is 9.10. The fourth-order valence-electron chi connectivity index (χ4n) is 2.68. The van der Waals surface area contributed by atoms with E-state index in [9.17, 15) is 13.2 Å². The molecule has 0 radical (unpaired) electrons. The zero-order valence-electron chi connectivity index (χ0n) is 16.3. The SMILES string of the molecule is O=C(COc1ccc(S(=O)(=O)Nc2ccc(Cl)cc2)cc1Cl)NCCc1ccccc1. The molecule has 9 heteroatoms. The van der Waals surface area contributed by atoms with Crippen LogP contribution in [-0.4, -0.2) is 27.5 Å². The van der Waals surface area contributed by atoms with Crippen molar-refractivity contribution in [2.75, 3.05) is 17.9 Å². The van der Waals surface area contributed by atoms with Crippen molar-refractivity contribution in [2.45, 2.75) is 11.3 Å². The minimum absolute atomic E-state index is 0.0351. The van der Waals surface area contributed by atoms with Gasteiger partial charge in [0.2, 0.25) is 0 Å². The zero-order chi connectivity index (χ0) is 22.3. The summed E-state index contributed by atoms with van der Waals surface area (Å²) in [7, 11) is -3.85. The molecular weight excluding hydrogens is 459 g/mol. The summed E-state index contributed by atoms with van der Waals surface area (Å²) >= 11 is 12.0. The molecule has 162 valence electrons. The van der Waals surface area contributed by atoms with E-state index >= 15 is 0 Å². The molecule has 0 bridgehead atoms. The van der Waals surface area contributed by atoms with Crippen LogP contribution in [0.2, 0.25) is 10.0 Å². The number of rotatable bonds is 9. The van der Waals surface area contributed by atoms with Crippen molar-refractivity contribution in [3.8, 4) is 5.75 Å². The molecule has 1 amide bonds. The predicted molar refractivity (Wildman–Crippen MR) is 122 cm³/mol. The lowest BCUT2D eigenvalue weighted by Crippen LogP contribution is -2.30. The molecule has 0 aliphatic carbocycles. The fourth-order valence-corrected chi connectivity index (χ4v) is 4.19. The number of carbonyl (C=O) groups is 1. The van der Waals surface area contributed by atoms with Gasteiger partial charge in [0.05, 0.1) is 9.92 Å². The van der Waals surface area contributed by atoms with Crippen LogP contribution in [0.3, 0.4) is 0 Å². The molecule has 0 saturated heterocycles. The Morgan fingerprint density at radius 2 is 1.65 bits per heavy atom. The van der Waals surface area contributed by atoms with Crippen LogP contribution in [0.1, 0.15) is 5.56 Å². The molecule has 0 spiro atoms. The van der Waals surface area contributed by atoms with Crippen LogP contribution in [0.15, 0.2) is 77.7 Å². The molecular formula is C22H20Cl2N2O4S. The Morgan fingerprint density at radius 3 is 2.32 bits per heavy atom. The first-order chi connectivity index (χ1) is 14.8. The van der Waals surface area contributed by atoms with Crippen LogP contribution in [0.25, 0.3) is 0 Å². The Labute approximate surface area is 191 Å². The molecule has 6 nitrogen and oxygen atoms in total. The maximum Gasteiger partial charge on any atom is 0.261 e. The number of nitrogens with one attached hydrogen (secondary N) is 2. The van der Waals surface area contributed by atoms with E-state index in [1.165, 1.54) is 18.2 Å². The molecule has 2 N–H and O–H groups in total. The van der Waals surface area contributed by atoms with Crippen LogP contribution in [-0.2, 0) is 21.2 Å². The summed E-state index contributed by atoms with van der Waals surface area (Å²) in [6, 6.07) is 20.1. The minimum Gasteiger partial charge on any atom is -0.482 e. The van der Waals surface area contributed by atoms with Crippen LogP contribution in [0.5, 0.6) is 5.75 Å². The second kappa shape index (κ2) is 10.5. The van der Waals surface area contributed by atoms with Crippen molar-refractivity contribution in [2.24, 2.45) is 0 Å². The van der Waals surface area contributed by atoms with Gasteiger partial charge < -0.3 is 10.1 Å². The van der Waals surface area contributed by atoms with Gasteiger partial charge in [-0.05, 0) is 54.4 Å². The van der Waals surface area contributed by atoms with Gasteiger partial charge in [0.15, 0.2) is 6.61 Å². The van der Waals surface area contributed by atoms with Crippen molar-refractivity contribution in [3.63, 3.8) is 0 Å². The smallest absolute Gasteiger partial charge is 0.261 e. The van der Waals surface area contributed by atoms with Gasteiger partial charge in [-0.25, -0.2) is 8.42 Å². The highest BCUT2D eigenvalue weighted by molar-refractivity contribution is 7.92. The Bertz CT molecular complexity index is 1140. The van der Waals surface area contributed by atoms with Crippen molar-refractivity contribution >= 4 is 44.8 Å². The standard InChI is InChI=1S/C22H20Cl2N2O4S/c23-17-6-8-18(9-7-17)26-31(28,29)19-10-11-21(20(24)14-19)30-15-22(27)25-13-12-16-4-2-1-3-5-16/h1-11,14,26H,12-13,15H2,(H,25,27). The van der Waals surface area contributed by atoms with E-state index in [-0.39, 0.29) is 28.2 Å². The normalized spacial score (nSPS) is 11.0. The highest BCUT2D eigenvalue weighted by Gasteiger charge is 2.17. The lowest BCUT2D eigenvalue weighted by molar-refractivity contribution is -0.123. The van der Waals surface area contributed by atoms with E-state index < -0.39 is 10.0 Å². The summed E-state index contributed by atoms with van der Waals surface area (Å²) < 4.78 is 33.0. The molecule has 0 unspecified atom stereocenters. The quantitative estimate of drug-likeness (QED) is 0.472. The Kier molecular flexibility index (Phi) is 7.79. The van der Waals surface area contributed by atoms with E-state index in [1.807, 2.05) is 30.3 Å². The molecule has 0 heterocycles. The van der Waals surface area contributed by atoms with Gasteiger partial charge in [-0.3, -0.25) is 9.52 Å². The van der Waals surface area contributed by atoms with Crippen molar-refractivity contribution in [1.29, 1.82) is 0 Å². The number of hydrogen-bond donors (Lipinski definition) is 2. The van der Waals surface area contributed by atoms with Gasteiger partial charge in [0, 0.05) is 17.3 Å². The van der Waals surface area contributed by atoms with Gasteiger partial charge >= 0.3 is 0 Å².